The van der Waals surface area contributed by atoms with Gasteiger partial charge in [0.1, 0.15) is 5.82 Å². The molecule has 0 amide bonds. The third-order valence-corrected chi connectivity index (χ3v) is 7.65. The average molecular weight is 540 g/mol. The van der Waals surface area contributed by atoms with Crippen LogP contribution >= 0.6 is 23.2 Å². The van der Waals surface area contributed by atoms with Crippen LogP contribution in [0, 0.1) is 0 Å². The number of benzene rings is 3. The average Bonchev–Trinajstić information content (AvgIpc) is 2.96. The first-order valence-electron chi connectivity index (χ1n) is 12.8. The maximum atomic E-state index is 6.18. The molecule has 5 nitrogen and oxygen atoms in total. The number of fused-ring (bicyclic) bond motifs is 1. The van der Waals surface area contributed by atoms with Gasteiger partial charge in [-0.2, -0.15) is 0 Å². The van der Waals surface area contributed by atoms with Gasteiger partial charge in [-0.25, -0.2) is 15.0 Å². The van der Waals surface area contributed by atoms with E-state index in [9.17, 15) is 0 Å². The van der Waals surface area contributed by atoms with Gasteiger partial charge in [-0.3, -0.25) is 0 Å². The van der Waals surface area contributed by atoms with Gasteiger partial charge in [0, 0.05) is 52.9 Å². The zero-order valence-electron chi connectivity index (χ0n) is 20.8. The van der Waals surface area contributed by atoms with Gasteiger partial charge in [0.25, 0.3) is 0 Å². The number of halogens is 2. The second-order valence-corrected chi connectivity index (χ2v) is 10.5. The summed E-state index contributed by atoms with van der Waals surface area (Å²) in [6.07, 6.45) is 5.79. The minimum absolute atomic E-state index is 0.0380. The van der Waals surface area contributed by atoms with E-state index in [1.54, 1.807) is 0 Å². The highest BCUT2D eigenvalue weighted by Crippen LogP contribution is 2.34. The molecule has 3 heterocycles. The van der Waals surface area contributed by atoms with Gasteiger partial charge in [0.05, 0.1) is 5.52 Å². The standard InChI is InChI=1S/C31H27Cl2N5/c32-25-9-4-21(5-10-25)30(22-6-11-26(33)12-7-22)23-8-13-28-24(19-23)20-35-31(37-28)36-27-14-17-38(18-15-27)29-3-1-2-16-34-29/h1-13,16,19-20,27,30H,14-15,17-18H2,(H,35,36,37). The van der Waals surface area contributed by atoms with Crippen molar-refractivity contribution in [2.24, 2.45) is 0 Å². The second-order valence-electron chi connectivity index (χ2n) is 9.64. The predicted molar refractivity (Wildman–Crippen MR) is 156 cm³/mol. The Bertz CT molecular complexity index is 1470. The Labute approximate surface area is 232 Å². The molecule has 2 aromatic heterocycles. The zero-order chi connectivity index (χ0) is 25.9. The fourth-order valence-corrected chi connectivity index (χ4v) is 5.42. The monoisotopic (exact) mass is 539 g/mol. The van der Waals surface area contributed by atoms with E-state index in [0.29, 0.717) is 12.0 Å². The molecule has 0 spiro atoms. The lowest BCUT2D eigenvalue weighted by atomic mass is 9.85. The molecule has 1 fully saturated rings. The summed E-state index contributed by atoms with van der Waals surface area (Å²) in [5.41, 5.74) is 4.40. The van der Waals surface area contributed by atoms with E-state index in [1.165, 1.54) is 0 Å². The van der Waals surface area contributed by atoms with Crippen molar-refractivity contribution in [1.82, 2.24) is 15.0 Å². The number of rotatable bonds is 6. The Morgan fingerprint density at radius 2 is 1.42 bits per heavy atom. The number of hydrogen-bond donors (Lipinski definition) is 1. The first kappa shape index (κ1) is 24.7. The van der Waals surface area contributed by atoms with Gasteiger partial charge in [0.2, 0.25) is 5.95 Å². The van der Waals surface area contributed by atoms with E-state index in [0.717, 1.165) is 69.4 Å². The Hall–Kier alpha value is -3.67. The van der Waals surface area contributed by atoms with Gasteiger partial charge >= 0.3 is 0 Å². The molecule has 0 unspecified atom stereocenters. The molecule has 190 valence electrons. The van der Waals surface area contributed by atoms with Crippen LogP contribution in [0.15, 0.2) is 97.3 Å². The number of nitrogens with one attached hydrogen (secondary N) is 1. The Kier molecular flexibility index (Phi) is 7.12. The van der Waals surface area contributed by atoms with Crippen molar-refractivity contribution in [3.8, 4) is 0 Å². The first-order chi connectivity index (χ1) is 18.6. The lowest BCUT2D eigenvalue weighted by Crippen LogP contribution is -2.39. The molecule has 6 rings (SSSR count). The van der Waals surface area contributed by atoms with Gasteiger partial charge in [-0.15, -0.1) is 0 Å². The molecule has 3 aromatic carbocycles. The fourth-order valence-electron chi connectivity index (χ4n) is 5.17. The summed E-state index contributed by atoms with van der Waals surface area (Å²) in [5, 5.41) is 6.00. The zero-order valence-corrected chi connectivity index (χ0v) is 22.3. The quantitative estimate of drug-likeness (QED) is 0.225. The van der Waals surface area contributed by atoms with Crippen molar-refractivity contribution in [1.29, 1.82) is 0 Å². The van der Waals surface area contributed by atoms with E-state index in [1.807, 2.05) is 48.8 Å². The molecule has 0 saturated carbocycles. The molecule has 0 bridgehead atoms. The molecule has 1 saturated heterocycles. The molecule has 1 aliphatic heterocycles. The van der Waals surface area contributed by atoms with Crippen molar-refractivity contribution in [2.75, 3.05) is 23.3 Å². The van der Waals surface area contributed by atoms with E-state index >= 15 is 0 Å². The Morgan fingerprint density at radius 3 is 2.05 bits per heavy atom. The first-order valence-corrected chi connectivity index (χ1v) is 13.6. The van der Waals surface area contributed by atoms with Gasteiger partial charge in [-0.1, -0.05) is 59.6 Å². The summed E-state index contributed by atoms with van der Waals surface area (Å²) in [5.74, 6) is 1.75. The van der Waals surface area contributed by atoms with Crippen LogP contribution in [0.4, 0.5) is 11.8 Å². The number of aromatic nitrogens is 3. The van der Waals surface area contributed by atoms with Crippen molar-refractivity contribution in [3.05, 3.63) is 124 Å². The van der Waals surface area contributed by atoms with Crippen LogP contribution in [-0.4, -0.2) is 34.1 Å². The number of anilines is 2. The van der Waals surface area contributed by atoms with Crippen molar-refractivity contribution in [2.45, 2.75) is 24.8 Å². The maximum absolute atomic E-state index is 6.18. The smallest absolute Gasteiger partial charge is 0.223 e. The van der Waals surface area contributed by atoms with Crippen molar-refractivity contribution in [3.63, 3.8) is 0 Å². The van der Waals surface area contributed by atoms with E-state index in [4.69, 9.17) is 28.2 Å². The minimum atomic E-state index is 0.0380. The summed E-state index contributed by atoms with van der Waals surface area (Å²) in [7, 11) is 0. The highest BCUT2D eigenvalue weighted by atomic mass is 35.5. The third kappa shape index (κ3) is 5.45. The molecule has 1 N–H and O–H groups in total. The highest BCUT2D eigenvalue weighted by Gasteiger charge is 2.21. The Balaban J connectivity index is 1.22. The van der Waals surface area contributed by atoms with Crippen LogP contribution in [0.1, 0.15) is 35.4 Å². The number of piperidine rings is 1. The lowest BCUT2D eigenvalue weighted by Gasteiger charge is -2.33. The molecule has 0 radical (unpaired) electrons. The summed E-state index contributed by atoms with van der Waals surface area (Å²) < 4.78 is 0. The van der Waals surface area contributed by atoms with E-state index in [-0.39, 0.29) is 5.92 Å². The van der Waals surface area contributed by atoms with Crippen molar-refractivity contribution >= 4 is 45.9 Å². The molecule has 7 heteroatoms. The highest BCUT2D eigenvalue weighted by molar-refractivity contribution is 6.30. The normalized spacial score (nSPS) is 14.2. The summed E-state index contributed by atoms with van der Waals surface area (Å²) in [4.78, 5) is 16.3. The molecule has 0 aliphatic carbocycles. The van der Waals surface area contributed by atoms with Crippen molar-refractivity contribution < 1.29 is 0 Å². The van der Waals surface area contributed by atoms with Crippen LogP contribution in [0.25, 0.3) is 10.9 Å². The molecular formula is C31H27Cl2N5. The van der Waals surface area contributed by atoms with Gasteiger partial charge in [0.15, 0.2) is 0 Å². The largest absolute Gasteiger partial charge is 0.356 e. The summed E-state index contributed by atoms with van der Waals surface area (Å²) in [6.45, 7) is 1.92. The van der Waals surface area contributed by atoms with Gasteiger partial charge in [-0.05, 0) is 78.1 Å². The summed E-state index contributed by atoms with van der Waals surface area (Å²) >= 11 is 12.4. The SMILES string of the molecule is Clc1ccc(C(c2ccc(Cl)cc2)c2ccc3nc(NC4CCN(c5ccccn5)CC4)ncc3c2)cc1. The molecular weight excluding hydrogens is 513 g/mol. The third-order valence-electron chi connectivity index (χ3n) is 7.15. The van der Waals surface area contributed by atoms with Crippen LogP contribution in [-0.2, 0) is 0 Å². The van der Waals surface area contributed by atoms with E-state index < -0.39 is 0 Å². The van der Waals surface area contributed by atoms with Crippen LogP contribution < -0.4 is 10.2 Å². The van der Waals surface area contributed by atoms with Crippen LogP contribution in [0.2, 0.25) is 10.0 Å². The number of pyridine rings is 1. The second kappa shape index (κ2) is 11.0. The molecule has 5 aromatic rings. The molecule has 38 heavy (non-hydrogen) atoms. The van der Waals surface area contributed by atoms with Crippen LogP contribution in [0.3, 0.4) is 0 Å². The van der Waals surface area contributed by atoms with Gasteiger partial charge < -0.3 is 10.2 Å². The molecule has 1 aliphatic rings. The lowest BCUT2D eigenvalue weighted by molar-refractivity contribution is 0.521. The minimum Gasteiger partial charge on any atom is -0.356 e. The Morgan fingerprint density at radius 1 is 0.763 bits per heavy atom. The fraction of sp³-hybridized carbons (Fsp3) is 0.194. The topological polar surface area (TPSA) is 53.9 Å². The van der Waals surface area contributed by atoms with E-state index in [2.05, 4.69) is 68.7 Å². The predicted octanol–water partition coefficient (Wildman–Crippen LogP) is 7.59. The number of hydrogen-bond acceptors (Lipinski definition) is 5. The summed E-state index contributed by atoms with van der Waals surface area (Å²) in [6, 6.07) is 28.9. The molecule has 0 atom stereocenters. The number of nitrogens with zero attached hydrogens (tertiary/aromatic N) is 4. The maximum Gasteiger partial charge on any atom is 0.223 e. The van der Waals surface area contributed by atoms with Crippen LogP contribution in [0.5, 0.6) is 0 Å².